The molecule has 0 spiro atoms. The Morgan fingerprint density at radius 1 is 1.22 bits per heavy atom. The maximum Gasteiger partial charge on any atom is 0.225 e. The van der Waals surface area contributed by atoms with Crippen LogP contribution in [0.5, 0.6) is 0 Å². The minimum Gasteiger partial charge on any atom is -0.356 e. The molecular formula is C16H29N5OS. The normalized spacial score (nSPS) is 12.1. The molecule has 0 atom stereocenters. The van der Waals surface area contributed by atoms with Crippen LogP contribution < -0.4 is 16.0 Å². The fourth-order valence-corrected chi connectivity index (χ4v) is 2.62. The van der Waals surface area contributed by atoms with E-state index in [1.807, 2.05) is 27.0 Å². The molecule has 1 aromatic heterocycles. The van der Waals surface area contributed by atoms with Gasteiger partial charge in [-0.1, -0.05) is 27.7 Å². The summed E-state index contributed by atoms with van der Waals surface area (Å²) in [6.07, 6.45) is 3.87. The van der Waals surface area contributed by atoms with Crippen molar-refractivity contribution in [2.45, 2.75) is 40.5 Å². The second-order valence-corrected chi connectivity index (χ2v) is 7.46. The Morgan fingerprint density at radius 3 is 2.43 bits per heavy atom. The van der Waals surface area contributed by atoms with Gasteiger partial charge in [0.15, 0.2) is 5.96 Å². The van der Waals surface area contributed by atoms with E-state index in [1.165, 1.54) is 4.88 Å². The lowest BCUT2D eigenvalue weighted by atomic mass is 9.96. The fourth-order valence-electron chi connectivity index (χ4n) is 1.76. The van der Waals surface area contributed by atoms with Crippen LogP contribution in [0.2, 0.25) is 0 Å². The number of rotatable bonds is 7. The van der Waals surface area contributed by atoms with E-state index in [0.29, 0.717) is 13.1 Å². The monoisotopic (exact) mass is 339 g/mol. The number of thiazole rings is 1. The number of aromatic nitrogens is 1. The number of hydrogen-bond acceptors (Lipinski definition) is 4. The first-order valence-electron chi connectivity index (χ1n) is 8.03. The van der Waals surface area contributed by atoms with Gasteiger partial charge in [0, 0.05) is 49.6 Å². The van der Waals surface area contributed by atoms with Crippen LogP contribution in [0.3, 0.4) is 0 Å². The molecule has 0 aliphatic carbocycles. The van der Waals surface area contributed by atoms with Crippen LogP contribution in [-0.4, -0.2) is 43.5 Å². The van der Waals surface area contributed by atoms with E-state index in [0.717, 1.165) is 30.4 Å². The predicted octanol–water partition coefficient (Wildman–Crippen LogP) is 1.58. The third kappa shape index (κ3) is 7.45. The molecule has 6 nitrogen and oxygen atoms in total. The van der Waals surface area contributed by atoms with Crippen molar-refractivity contribution in [1.29, 1.82) is 0 Å². The molecule has 0 saturated heterocycles. The van der Waals surface area contributed by atoms with Crippen molar-refractivity contribution in [3.05, 3.63) is 16.1 Å². The molecule has 1 amide bonds. The SMILES string of the molecule is CCc1cnc(CCNC(=NC)NCCNC(=O)C(C)(C)C)s1. The van der Waals surface area contributed by atoms with Gasteiger partial charge < -0.3 is 16.0 Å². The molecule has 1 aromatic rings. The zero-order chi connectivity index (χ0) is 17.3. The van der Waals surface area contributed by atoms with Crippen molar-refractivity contribution >= 4 is 23.2 Å². The van der Waals surface area contributed by atoms with Crippen LogP contribution in [0.1, 0.15) is 37.6 Å². The van der Waals surface area contributed by atoms with Crippen molar-refractivity contribution in [2.75, 3.05) is 26.7 Å². The van der Waals surface area contributed by atoms with Gasteiger partial charge >= 0.3 is 0 Å². The summed E-state index contributed by atoms with van der Waals surface area (Å²) < 4.78 is 0. The molecule has 130 valence electrons. The molecule has 0 unspecified atom stereocenters. The lowest BCUT2D eigenvalue weighted by Gasteiger charge is -2.18. The third-order valence-corrected chi connectivity index (χ3v) is 4.39. The Hall–Kier alpha value is -1.63. The topological polar surface area (TPSA) is 78.4 Å². The lowest BCUT2D eigenvalue weighted by molar-refractivity contribution is -0.128. The van der Waals surface area contributed by atoms with Gasteiger partial charge in [0.25, 0.3) is 0 Å². The molecule has 0 fully saturated rings. The highest BCUT2D eigenvalue weighted by atomic mass is 32.1. The molecule has 0 saturated carbocycles. The van der Waals surface area contributed by atoms with E-state index in [4.69, 9.17) is 0 Å². The van der Waals surface area contributed by atoms with Crippen molar-refractivity contribution in [1.82, 2.24) is 20.9 Å². The molecule has 0 aliphatic rings. The van der Waals surface area contributed by atoms with Crippen LogP contribution in [0.25, 0.3) is 0 Å². The number of aryl methyl sites for hydroxylation is 1. The molecule has 0 bridgehead atoms. The van der Waals surface area contributed by atoms with E-state index >= 15 is 0 Å². The van der Waals surface area contributed by atoms with Crippen LogP contribution in [0, 0.1) is 5.41 Å². The van der Waals surface area contributed by atoms with Gasteiger partial charge in [-0.15, -0.1) is 11.3 Å². The first-order valence-corrected chi connectivity index (χ1v) is 8.85. The predicted molar refractivity (Wildman–Crippen MR) is 97.0 cm³/mol. The van der Waals surface area contributed by atoms with Gasteiger partial charge in [-0.05, 0) is 6.42 Å². The number of aliphatic imine (C=N–C) groups is 1. The molecule has 1 rings (SSSR count). The standard InChI is InChI=1S/C16H29N5OS/c1-6-12-11-21-13(23-12)7-8-19-15(17-5)20-10-9-18-14(22)16(2,3)4/h11H,6-10H2,1-5H3,(H,18,22)(H2,17,19,20). The molecule has 0 aliphatic heterocycles. The molecule has 1 heterocycles. The number of hydrogen-bond donors (Lipinski definition) is 3. The number of nitrogens with one attached hydrogen (secondary N) is 3. The molecule has 7 heteroatoms. The van der Waals surface area contributed by atoms with Crippen LogP contribution in [0.15, 0.2) is 11.2 Å². The zero-order valence-corrected chi connectivity index (χ0v) is 15.6. The summed E-state index contributed by atoms with van der Waals surface area (Å²) in [4.78, 5) is 21.6. The minimum absolute atomic E-state index is 0.0535. The first kappa shape index (κ1) is 19.4. The number of carbonyl (C=O) groups excluding carboxylic acids is 1. The second kappa shape index (κ2) is 9.50. The minimum atomic E-state index is -0.356. The van der Waals surface area contributed by atoms with E-state index in [2.05, 4.69) is 32.9 Å². The maximum atomic E-state index is 11.7. The summed E-state index contributed by atoms with van der Waals surface area (Å²) in [5.74, 6) is 0.792. The van der Waals surface area contributed by atoms with E-state index in [-0.39, 0.29) is 11.3 Å². The highest BCUT2D eigenvalue weighted by molar-refractivity contribution is 7.11. The molecule has 0 radical (unpaired) electrons. The number of nitrogens with zero attached hydrogens (tertiary/aromatic N) is 2. The van der Waals surface area contributed by atoms with Gasteiger partial charge in [0.1, 0.15) is 0 Å². The summed E-state index contributed by atoms with van der Waals surface area (Å²) >= 11 is 1.76. The molecule has 23 heavy (non-hydrogen) atoms. The van der Waals surface area contributed by atoms with Crippen molar-refractivity contribution in [3.8, 4) is 0 Å². The molecular weight excluding hydrogens is 310 g/mol. The van der Waals surface area contributed by atoms with Crippen molar-refractivity contribution in [2.24, 2.45) is 10.4 Å². The van der Waals surface area contributed by atoms with Crippen LogP contribution in [0.4, 0.5) is 0 Å². The Bertz CT molecular complexity index is 519. The Morgan fingerprint density at radius 2 is 1.87 bits per heavy atom. The largest absolute Gasteiger partial charge is 0.356 e. The number of guanidine groups is 1. The smallest absolute Gasteiger partial charge is 0.225 e. The fraction of sp³-hybridized carbons (Fsp3) is 0.688. The first-order chi connectivity index (χ1) is 10.9. The summed E-state index contributed by atoms with van der Waals surface area (Å²) in [6.45, 7) is 9.84. The highest BCUT2D eigenvalue weighted by Crippen LogP contribution is 2.13. The molecule has 3 N–H and O–H groups in total. The average molecular weight is 340 g/mol. The summed E-state index contributed by atoms with van der Waals surface area (Å²) in [5, 5.41) is 10.5. The summed E-state index contributed by atoms with van der Waals surface area (Å²) in [7, 11) is 1.74. The highest BCUT2D eigenvalue weighted by Gasteiger charge is 2.20. The Balaban J connectivity index is 2.21. The number of carbonyl (C=O) groups is 1. The second-order valence-electron chi connectivity index (χ2n) is 6.26. The van der Waals surface area contributed by atoms with Crippen molar-refractivity contribution < 1.29 is 4.79 Å². The van der Waals surface area contributed by atoms with Gasteiger partial charge in [-0.25, -0.2) is 4.98 Å². The van der Waals surface area contributed by atoms with Gasteiger partial charge in [0.2, 0.25) is 5.91 Å². The Labute approximate surface area is 143 Å². The van der Waals surface area contributed by atoms with Gasteiger partial charge in [-0.3, -0.25) is 9.79 Å². The summed E-state index contributed by atoms with van der Waals surface area (Å²) in [6, 6.07) is 0. The average Bonchev–Trinajstić information content (AvgIpc) is 2.96. The van der Waals surface area contributed by atoms with Crippen LogP contribution >= 0.6 is 11.3 Å². The van der Waals surface area contributed by atoms with Gasteiger partial charge in [0.05, 0.1) is 5.01 Å². The molecule has 0 aromatic carbocycles. The van der Waals surface area contributed by atoms with Crippen LogP contribution in [-0.2, 0) is 17.6 Å². The quantitative estimate of drug-likeness (QED) is 0.400. The van der Waals surface area contributed by atoms with E-state index < -0.39 is 0 Å². The van der Waals surface area contributed by atoms with E-state index in [9.17, 15) is 4.79 Å². The third-order valence-electron chi connectivity index (χ3n) is 3.19. The number of amides is 1. The lowest BCUT2D eigenvalue weighted by Crippen LogP contribution is -2.43. The maximum absolute atomic E-state index is 11.7. The summed E-state index contributed by atoms with van der Waals surface area (Å²) in [5.41, 5.74) is -0.356. The van der Waals surface area contributed by atoms with E-state index in [1.54, 1.807) is 18.4 Å². The van der Waals surface area contributed by atoms with Crippen molar-refractivity contribution in [3.63, 3.8) is 0 Å². The Kier molecular flexibility index (Phi) is 8.02. The van der Waals surface area contributed by atoms with Gasteiger partial charge in [-0.2, -0.15) is 0 Å². The zero-order valence-electron chi connectivity index (χ0n) is 14.8.